The standard InChI is InChI=1S/C29H61N3S.C17H36O.C3H6/c1-4-6-8-10-12-13-14-15-16-17-18-20-22-24-27-31(28-25-29-32(33)30-3)26-23-21-19-11-9-7-5-2;1-3-5-7-9-11-13-15-17(18)16-14-12-10-8-6-4-2;1-3-2/h5,30,33H,2,4,6-29H2,1,3H3;17-18H,3-16H2,1-2H3;3H,1H2,2H3. The number of hydrogen-bond acceptors (Lipinski definition) is 5. The van der Waals surface area contributed by atoms with E-state index in [1.807, 2.05) is 24.5 Å². The van der Waals surface area contributed by atoms with Gasteiger partial charge in [-0.05, 0) is 78.6 Å². The Morgan fingerprint density at radius 3 is 1.11 bits per heavy atom. The monoisotopic (exact) mass is 782 g/mol. The van der Waals surface area contributed by atoms with Crippen LogP contribution in [0.25, 0.3) is 0 Å². The molecule has 0 fully saturated rings. The van der Waals surface area contributed by atoms with Crippen molar-refractivity contribution in [1.29, 1.82) is 0 Å². The lowest BCUT2D eigenvalue weighted by molar-refractivity contribution is 0.147. The first-order chi connectivity index (χ1) is 26.5. The summed E-state index contributed by atoms with van der Waals surface area (Å²) < 4.78 is 1.89. The molecule has 5 heteroatoms. The van der Waals surface area contributed by atoms with Crippen molar-refractivity contribution < 1.29 is 5.11 Å². The predicted molar refractivity (Wildman–Crippen MR) is 252 cm³/mol. The summed E-state index contributed by atoms with van der Waals surface area (Å²) in [5.41, 5.74) is 3.09. The Hall–Kier alpha value is -0.330. The van der Waals surface area contributed by atoms with Crippen LogP contribution in [0.2, 0.25) is 0 Å². The van der Waals surface area contributed by atoms with E-state index in [1.54, 1.807) is 6.08 Å². The van der Waals surface area contributed by atoms with Crippen LogP contribution in [-0.2, 0) is 0 Å². The molecule has 4 nitrogen and oxygen atoms in total. The molecule has 0 saturated carbocycles. The average molecular weight is 782 g/mol. The molecule has 0 heterocycles. The van der Waals surface area contributed by atoms with Gasteiger partial charge in [-0.1, -0.05) is 226 Å². The van der Waals surface area contributed by atoms with Crippen molar-refractivity contribution in [2.45, 2.75) is 259 Å². The van der Waals surface area contributed by atoms with E-state index >= 15 is 0 Å². The SMILES string of the molecule is C=CC.C=CCCCCCCCN(CCCCCCCCCCCCCCCC)CCCN(S)NC.CCCCCCCCC(O)CCCCCCCC. The van der Waals surface area contributed by atoms with E-state index < -0.39 is 0 Å². The largest absolute Gasteiger partial charge is 0.393 e. The number of aliphatic hydroxyl groups is 1. The summed E-state index contributed by atoms with van der Waals surface area (Å²) in [7, 11) is 1.94. The maximum atomic E-state index is 9.85. The van der Waals surface area contributed by atoms with Gasteiger partial charge in [0.05, 0.1) is 6.10 Å². The van der Waals surface area contributed by atoms with E-state index in [9.17, 15) is 5.11 Å². The first-order valence-electron chi connectivity index (χ1n) is 24.2. The van der Waals surface area contributed by atoms with Crippen molar-refractivity contribution in [2.24, 2.45) is 0 Å². The van der Waals surface area contributed by atoms with Crippen molar-refractivity contribution in [2.75, 3.05) is 33.2 Å². The zero-order valence-electron chi connectivity index (χ0n) is 38.0. The number of hydrogen-bond donors (Lipinski definition) is 3. The van der Waals surface area contributed by atoms with Gasteiger partial charge >= 0.3 is 0 Å². The van der Waals surface area contributed by atoms with E-state index in [0.717, 1.165) is 19.4 Å². The Labute approximate surface area is 348 Å². The second kappa shape index (κ2) is 54.8. The summed E-state index contributed by atoms with van der Waals surface area (Å²) in [4.78, 5) is 2.71. The van der Waals surface area contributed by atoms with Gasteiger partial charge in [-0.3, -0.25) is 0 Å². The van der Waals surface area contributed by atoms with Crippen LogP contribution in [0.5, 0.6) is 0 Å². The minimum absolute atomic E-state index is 0.0256. The van der Waals surface area contributed by atoms with Crippen LogP contribution in [0.4, 0.5) is 0 Å². The third kappa shape index (κ3) is 56.0. The van der Waals surface area contributed by atoms with Crippen molar-refractivity contribution in [1.82, 2.24) is 14.7 Å². The first-order valence-corrected chi connectivity index (χ1v) is 24.6. The molecule has 2 N–H and O–H groups in total. The van der Waals surface area contributed by atoms with Gasteiger partial charge in [0, 0.05) is 6.54 Å². The molecule has 54 heavy (non-hydrogen) atoms. The van der Waals surface area contributed by atoms with E-state index in [2.05, 4.69) is 57.1 Å². The lowest BCUT2D eigenvalue weighted by Crippen LogP contribution is -2.32. The van der Waals surface area contributed by atoms with Gasteiger partial charge in [-0.2, -0.15) is 4.41 Å². The van der Waals surface area contributed by atoms with Gasteiger partial charge in [-0.25, -0.2) is 5.43 Å². The van der Waals surface area contributed by atoms with Crippen molar-refractivity contribution in [3.05, 3.63) is 25.3 Å². The zero-order valence-corrected chi connectivity index (χ0v) is 38.9. The molecule has 0 aromatic carbocycles. The fraction of sp³-hybridized carbons (Fsp3) is 0.918. The molecule has 0 radical (unpaired) electrons. The fourth-order valence-electron chi connectivity index (χ4n) is 7.04. The molecular formula is C49H103N3OS. The van der Waals surface area contributed by atoms with Crippen LogP contribution < -0.4 is 5.43 Å². The fourth-order valence-corrected chi connectivity index (χ4v) is 7.18. The minimum Gasteiger partial charge on any atom is -0.393 e. The molecule has 0 saturated heterocycles. The van der Waals surface area contributed by atoms with Crippen molar-refractivity contribution in [3.8, 4) is 0 Å². The summed E-state index contributed by atoms with van der Waals surface area (Å²) in [5.74, 6) is 0. The number of nitrogens with one attached hydrogen (secondary N) is 1. The minimum atomic E-state index is -0.0256. The van der Waals surface area contributed by atoms with Gasteiger partial charge in [-0.15, -0.1) is 13.2 Å². The summed E-state index contributed by atoms with van der Waals surface area (Å²) in [6, 6.07) is 0. The average Bonchev–Trinajstić information content (AvgIpc) is 3.17. The predicted octanol–water partition coefficient (Wildman–Crippen LogP) is 16.0. The van der Waals surface area contributed by atoms with Gasteiger partial charge < -0.3 is 10.0 Å². The third-order valence-electron chi connectivity index (χ3n) is 10.6. The van der Waals surface area contributed by atoms with Gasteiger partial charge in [0.1, 0.15) is 0 Å². The Morgan fingerprint density at radius 1 is 0.481 bits per heavy atom. The number of allylic oxidation sites excluding steroid dienone is 2. The van der Waals surface area contributed by atoms with E-state index in [4.69, 9.17) is 0 Å². The smallest absolute Gasteiger partial charge is 0.0540 e. The summed E-state index contributed by atoms with van der Waals surface area (Å²) in [6.07, 6.45) is 51.0. The summed E-state index contributed by atoms with van der Waals surface area (Å²) in [5, 5.41) is 9.85. The summed E-state index contributed by atoms with van der Waals surface area (Å²) in [6.45, 7) is 20.6. The Bertz CT molecular complexity index is 647. The van der Waals surface area contributed by atoms with Crippen LogP contribution in [0.15, 0.2) is 25.3 Å². The van der Waals surface area contributed by atoms with E-state index in [-0.39, 0.29) is 6.10 Å². The van der Waals surface area contributed by atoms with Crippen LogP contribution in [0, 0.1) is 0 Å². The number of rotatable bonds is 42. The van der Waals surface area contributed by atoms with E-state index in [1.165, 1.54) is 232 Å². The van der Waals surface area contributed by atoms with E-state index in [0.29, 0.717) is 0 Å². The second-order valence-corrected chi connectivity index (χ2v) is 16.6. The van der Waals surface area contributed by atoms with Crippen LogP contribution in [0.3, 0.4) is 0 Å². The number of thiol groups is 1. The van der Waals surface area contributed by atoms with Crippen LogP contribution in [0.1, 0.15) is 252 Å². The molecular weight excluding hydrogens is 679 g/mol. The molecule has 0 spiro atoms. The highest BCUT2D eigenvalue weighted by Crippen LogP contribution is 2.15. The van der Waals surface area contributed by atoms with Gasteiger partial charge in [0.25, 0.3) is 0 Å². The van der Waals surface area contributed by atoms with Crippen LogP contribution in [-0.4, -0.2) is 53.8 Å². The normalized spacial score (nSPS) is 11.1. The second-order valence-electron chi connectivity index (χ2n) is 16.2. The molecule has 0 aliphatic rings. The third-order valence-corrected chi connectivity index (χ3v) is 11.0. The molecule has 0 unspecified atom stereocenters. The molecule has 0 atom stereocenters. The molecule has 0 aliphatic carbocycles. The Balaban J connectivity index is -0.00000104. The molecule has 0 bridgehead atoms. The Kier molecular flexibility index (Phi) is 58.8. The first kappa shape index (κ1) is 58.0. The van der Waals surface area contributed by atoms with Crippen molar-refractivity contribution in [3.63, 3.8) is 0 Å². The quantitative estimate of drug-likeness (QED) is 0.0250. The highest BCUT2D eigenvalue weighted by molar-refractivity contribution is 7.77. The lowest BCUT2D eigenvalue weighted by Gasteiger charge is -2.23. The number of hydrazine groups is 1. The molecule has 0 aromatic rings. The number of aliphatic hydroxyl groups excluding tert-OH is 1. The van der Waals surface area contributed by atoms with Gasteiger partial charge in [0.2, 0.25) is 0 Å². The Morgan fingerprint density at radius 2 is 0.778 bits per heavy atom. The maximum absolute atomic E-state index is 9.85. The highest BCUT2D eigenvalue weighted by Gasteiger charge is 2.07. The zero-order chi connectivity index (χ0) is 40.4. The van der Waals surface area contributed by atoms with Gasteiger partial charge in [0.15, 0.2) is 0 Å². The maximum Gasteiger partial charge on any atom is 0.0540 e. The molecule has 0 amide bonds. The number of nitrogens with zero attached hydrogens (tertiary/aromatic N) is 2. The molecule has 0 aromatic heterocycles. The highest BCUT2D eigenvalue weighted by atomic mass is 32.1. The molecule has 0 aliphatic heterocycles. The molecule has 0 rings (SSSR count). The number of unbranched alkanes of at least 4 members (excludes halogenated alkanes) is 28. The van der Waals surface area contributed by atoms with Crippen molar-refractivity contribution >= 4 is 12.8 Å². The summed E-state index contributed by atoms with van der Waals surface area (Å²) >= 11 is 4.42. The molecule has 326 valence electrons. The topological polar surface area (TPSA) is 38.7 Å². The van der Waals surface area contributed by atoms with Crippen LogP contribution >= 0.6 is 12.8 Å². The lowest BCUT2D eigenvalue weighted by atomic mass is 10.0.